The van der Waals surface area contributed by atoms with Gasteiger partial charge in [0.2, 0.25) is 5.91 Å². The van der Waals surface area contributed by atoms with Crippen LogP contribution in [0.15, 0.2) is 71.6 Å². The predicted molar refractivity (Wildman–Crippen MR) is 129 cm³/mol. The standard InChI is InChI=1S/C24H22ClN3O4S/c1-2-13-26-24(30)18-8-3-5-9-20(18)27-23(29)15-28-21-12-11-16(25)14-19(21)17-7-4-6-10-22(17)33(28,31)32/h3-12,14H,2,13,15H2,1H3,(H,26,30)(H,27,29). The maximum atomic E-state index is 13.4. The average molecular weight is 484 g/mol. The lowest BCUT2D eigenvalue weighted by Crippen LogP contribution is -2.40. The van der Waals surface area contributed by atoms with Crippen molar-refractivity contribution in [1.29, 1.82) is 0 Å². The first-order chi connectivity index (χ1) is 15.8. The first-order valence-electron chi connectivity index (χ1n) is 10.4. The van der Waals surface area contributed by atoms with Gasteiger partial charge in [-0.25, -0.2) is 8.42 Å². The SMILES string of the molecule is CCCNC(=O)c1ccccc1NC(=O)CN1c2ccc(Cl)cc2-c2ccccc2S1(=O)=O. The smallest absolute Gasteiger partial charge is 0.265 e. The zero-order chi connectivity index (χ0) is 23.6. The van der Waals surface area contributed by atoms with Crippen LogP contribution in [-0.2, 0) is 14.8 Å². The molecule has 3 aromatic rings. The quantitative estimate of drug-likeness (QED) is 0.546. The molecule has 1 heterocycles. The predicted octanol–water partition coefficient (Wildman–Crippen LogP) is 4.29. The summed E-state index contributed by atoms with van der Waals surface area (Å²) in [5.74, 6) is -0.887. The molecule has 0 saturated carbocycles. The van der Waals surface area contributed by atoms with E-state index in [4.69, 9.17) is 11.6 Å². The van der Waals surface area contributed by atoms with Crippen molar-refractivity contribution in [3.8, 4) is 11.1 Å². The highest BCUT2D eigenvalue weighted by atomic mass is 35.5. The van der Waals surface area contributed by atoms with E-state index in [2.05, 4.69) is 10.6 Å². The Morgan fingerprint density at radius 3 is 2.48 bits per heavy atom. The maximum Gasteiger partial charge on any atom is 0.265 e. The molecule has 0 aliphatic carbocycles. The number of carbonyl (C=O) groups excluding carboxylic acids is 2. The lowest BCUT2D eigenvalue weighted by atomic mass is 10.0. The molecule has 1 aliphatic rings. The normalized spacial score (nSPS) is 13.6. The second kappa shape index (κ2) is 9.25. The molecule has 0 saturated heterocycles. The summed E-state index contributed by atoms with van der Waals surface area (Å²) in [7, 11) is -3.98. The monoisotopic (exact) mass is 483 g/mol. The van der Waals surface area contributed by atoms with Gasteiger partial charge in [-0.1, -0.05) is 48.9 Å². The summed E-state index contributed by atoms with van der Waals surface area (Å²) in [4.78, 5) is 25.5. The van der Waals surface area contributed by atoms with Crippen molar-refractivity contribution < 1.29 is 18.0 Å². The van der Waals surface area contributed by atoms with Gasteiger partial charge in [-0.3, -0.25) is 13.9 Å². The fourth-order valence-electron chi connectivity index (χ4n) is 3.72. The number of rotatable bonds is 6. The highest BCUT2D eigenvalue weighted by Crippen LogP contribution is 2.43. The number of hydrogen-bond acceptors (Lipinski definition) is 4. The highest BCUT2D eigenvalue weighted by molar-refractivity contribution is 7.93. The van der Waals surface area contributed by atoms with Gasteiger partial charge < -0.3 is 10.6 Å². The first-order valence-corrected chi connectivity index (χ1v) is 12.2. The third-order valence-electron chi connectivity index (χ3n) is 5.24. The molecule has 0 bridgehead atoms. The number of anilines is 2. The van der Waals surface area contributed by atoms with Gasteiger partial charge in [-0.05, 0) is 42.8 Å². The van der Waals surface area contributed by atoms with Crippen molar-refractivity contribution in [3.05, 3.63) is 77.3 Å². The molecule has 1 aliphatic heterocycles. The van der Waals surface area contributed by atoms with E-state index in [1.807, 2.05) is 6.92 Å². The van der Waals surface area contributed by atoms with Crippen LogP contribution in [0.4, 0.5) is 11.4 Å². The minimum Gasteiger partial charge on any atom is -0.352 e. The summed E-state index contributed by atoms with van der Waals surface area (Å²) in [5, 5.41) is 5.92. The van der Waals surface area contributed by atoms with Crippen molar-refractivity contribution in [2.24, 2.45) is 0 Å². The maximum absolute atomic E-state index is 13.4. The molecule has 0 aromatic heterocycles. The number of carbonyl (C=O) groups is 2. The molecule has 33 heavy (non-hydrogen) atoms. The Morgan fingerprint density at radius 1 is 0.970 bits per heavy atom. The molecule has 9 heteroatoms. The second-order valence-corrected chi connectivity index (χ2v) is 9.79. The van der Waals surface area contributed by atoms with E-state index in [0.29, 0.717) is 39.6 Å². The molecular weight excluding hydrogens is 462 g/mol. The Labute approximate surface area is 197 Å². The Hall–Kier alpha value is -3.36. The topological polar surface area (TPSA) is 95.6 Å². The summed E-state index contributed by atoms with van der Waals surface area (Å²) in [6.45, 7) is 1.98. The van der Waals surface area contributed by atoms with Crippen molar-refractivity contribution in [3.63, 3.8) is 0 Å². The summed E-state index contributed by atoms with van der Waals surface area (Å²) < 4.78 is 27.8. The number of benzene rings is 3. The molecule has 3 aromatic carbocycles. The lowest BCUT2D eigenvalue weighted by Gasteiger charge is -2.31. The zero-order valence-corrected chi connectivity index (χ0v) is 19.4. The van der Waals surface area contributed by atoms with Crippen molar-refractivity contribution in [1.82, 2.24) is 5.32 Å². The number of halogens is 1. The van der Waals surface area contributed by atoms with Gasteiger partial charge in [0.15, 0.2) is 0 Å². The molecule has 0 atom stereocenters. The van der Waals surface area contributed by atoms with Crippen molar-refractivity contribution in [2.75, 3.05) is 22.7 Å². The minimum atomic E-state index is -3.98. The number of hydrogen-bond donors (Lipinski definition) is 2. The number of para-hydroxylation sites is 1. The van der Waals surface area contributed by atoms with Gasteiger partial charge in [0.1, 0.15) is 6.54 Å². The summed E-state index contributed by atoms with van der Waals surface area (Å²) >= 11 is 6.17. The van der Waals surface area contributed by atoms with Gasteiger partial charge in [0.05, 0.1) is 21.8 Å². The molecule has 0 radical (unpaired) electrons. The highest BCUT2D eigenvalue weighted by Gasteiger charge is 2.36. The Kier molecular flexibility index (Phi) is 6.40. The second-order valence-electron chi connectivity index (χ2n) is 7.52. The molecule has 4 rings (SSSR count). The van der Waals surface area contributed by atoms with E-state index in [-0.39, 0.29) is 10.8 Å². The van der Waals surface area contributed by atoms with E-state index in [1.165, 1.54) is 6.07 Å². The molecule has 0 unspecified atom stereocenters. The van der Waals surface area contributed by atoms with Gasteiger partial charge in [-0.15, -0.1) is 0 Å². The Morgan fingerprint density at radius 2 is 1.70 bits per heavy atom. The van der Waals surface area contributed by atoms with Crippen LogP contribution in [0, 0.1) is 0 Å². The van der Waals surface area contributed by atoms with Crippen LogP contribution in [-0.4, -0.2) is 33.3 Å². The van der Waals surface area contributed by atoms with E-state index < -0.39 is 22.5 Å². The van der Waals surface area contributed by atoms with Crippen LogP contribution in [0.3, 0.4) is 0 Å². The number of fused-ring (bicyclic) bond motifs is 3. The number of sulfonamides is 1. The summed E-state index contributed by atoms with van der Waals surface area (Å²) in [6.07, 6.45) is 0.776. The van der Waals surface area contributed by atoms with Crippen LogP contribution in [0.5, 0.6) is 0 Å². The fraction of sp³-hybridized carbons (Fsp3) is 0.167. The van der Waals surface area contributed by atoms with E-state index >= 15 is 0 Å². The van der Waals surface area contributed by atoms with Gasteiger partial charge in [-0.2, -0.15) is 0 Å². The fourth-order valence-corrected chi connectivity index (χ4v) is 5.54. The Bertz CT molecular complexity index is 1340. The van der Waals surface area contributed by atoms with Gasteiger partial charge >= 0.3 is 0 Å². The third-order valence-corrected chi connectivity index (χ3v) is 7.29. The summed E-state index contributed by atoms with van der Waals surface area (Å²) in [5.41, 5.74) is 2.13. The zero-order valence-electron chi connectivity index (χ0n) is 17.8. The van der Waals surface area contributed by atoms with E-state index in [1.54, 1.807) is 60.7 Å². The van der Waals surface area contributed by atoms with Crippen LogP contribution in [0.1, 0.15) is 23.7 Å². The molecule has 0 fully saturated rings. The van der Waals surface area contributed by atoms with Gasteiger partial charge in [0.25, 0.3) is 15.9 Å². The molecule has 7 nitrogen and oxygen atoms in total. The molecule has 2 amide bonds. The van der Waals surface area contributed by atoms with E-state index in [9.17, 15) is 18.0 Å². The molecule has 170 valence electrons. The van der Waals surface area contributed by atoms with Crippen LogP contribution < -0.4 is 14.9 Å². The lowest BCUT2D eigenvalue weighted by molar-refractivity contribution is -0.114. The Balaban J connectivity index is 1.65. The third kappa shape index (κ3) is 4.44. The first kappa shape index (κ1) is 22.8. The van der Waals surface area contributed by atoms with Crippen LogP contribution >= 0.6 is 11.6 Å². The van der Waals surface area contributed by atoms with Crippen LogP contribution in [0.2, 0.25) is 5.02 Å². The van der Waals surface area contributed by atoms with Crippen molar-refractivity contribution >= 4 is 44.8 Å². The number of amides is 2. The van der Waals surface area contributed by atoms with Crippen molar-refractivity contribution in [2.45, 2.75) is 18.2 Å². The number of nitrogens with one attached hydrogen (secondary N) is 2. The average Bonchev–Trinajstić information content (AvgIpc) is 2.81. The van der Waals surface area contributed by atoms with Crippen LogP contribution in [0.25, 0.3) is 11.1 Å². The minimum absolute atomic E-state index is 0.104. The molecular formula is C24H22ClN3O4S. The molecule has 2 N–H and O–H groups in total. The number of nitrogens with zero attached hydrogens (tertiary/aromatic N) is 1. The largest absolute Gasteiger partial charge is 0.352 e. The van der Waals surface area contributed by atoms with E-state index in [0.717, 1.165) is 10.7 Å². The summed E-state index contributed by atoms with van der Waals surface area (Å²) in [6, 6.07) is 18.1. The van der Waals surface area contributed by atoms with Gasteiger partial charge in [0, 0.05) is 22.7 Å². The molecule has 0 spiro atoms.